The number of fused-ring (bicyclic) bond motifs is 3. The van der Waals surface area contributed by atoms with Gasteiger partial charge in [0.25, 0.3) is 0 Å². The summed E-state index contributed by atoms with van der Waals surface area (Å²) in [4.78, 5) is 0. The first-order valence-electron chi connectivity index (χ1n) is 17.5. The van der Waals surface area contributed by atoms with Crippen LogP contribution in [-0.4, -0.2) is 31.3 Å². The first kappa shape index (κ1) is 32.7. The Bertz CT molecular complexity index is 1860. The van der Waals surface area contributed by atoms with Crippen molar-refractivity contribution < 1.29 is 0 Å². The summed E-state index contributed by atoms with van der Waals surface area (Å²) in [6, 6.07) is 57.7. The third-order valence-electron chi connectivity index (χ3n) is 10.8. The van der Waals surface area contributed by atoms with Gasteiger partial charge in [0, 0.05) is 0 Å². The minimum Gasteiger partial charge on any atom is -0.0656 e. The highest BCUT2D eigenvalue weighted by atomic mass is 29.3. The number of aryl methyl sites for hydroxylation is 2. The highest BCUT2D eigenvalue weighted by Crippen LogP contribution is 2.34. The second kappa shape index (κ2) is 12.0. The fraction of sp³-hybridized carbons (Fsp3) is 0.182. The van der Waals surface area contributed by atoms with Crippen LogP contribution in [0, 0.1) is 13.8 Å². The molecule has 4 heteroatoms. The molecule has 0 N–H and O–H groups in total. The third kappa shape index (κ3) is 4.87. The minimum atomic E-state index is -2.90. The van der Waals surface area contributed by atoms with Crippen molar-refractivity contribution in [1.82, 2.24) is 0 Å². The molecule has 240 valence electrons. The Morgan fingerprint density at radius 2 is 0.604 bits per heavy atom. The Kier molecular flexibility index (Phi) is 8.15. The molecule has 0 unspecified atom stereocenters. The van der Waals surface area contributed by atoms with E-state index >= 15 is 0 Å². The zero-order valence-electron chi connectivity index (χ0n) is 29.9. The summed E-state index contributed by atoms with van der Waals surface area (Å²) in [6.45, 7) is 19.9. The third-order valence-corrected chi connectivity index (χ3v) is 32.0. The lowest BCUT2D eigenvalue weighted by atomic mass is 10.0. The fourth-order valence-corrected chi connectivity index (χ4v) is 32.9. The van der Waals surface area contributed by atoms with Gasteiger partial charge in [-0.1, -0.05) is 227 Å². The van der Waals surface area contributed by atoms with Gasteiger partial charge in [0.2, 0.25) is 0 Å². The number of hydrogen-bond donors (Lipinski definition) is 0. The van der Waals surface area contributed by atoms with Gasteiger partial charge in [0.15, 0.2) is 15.2 Å². The van der Waals surface area contributed by atoms with E-state index in [2.05, 4.69) is 199 Å². The van der Waals surface area contributed by atoms with Crippen LogP contribution in [0.5, 0.6) is 0 Å². The summed E-state index contributed by atoms with van der Waals surface area (Å²) in [6.07, 6.45) is 0. The van der Waals surface area contributed by atoms with Crippen LogP contribution in [0.4, 0.5) is 0 Å². The van der Waals surface area contributed by atoms with E-state index in [-0.39, 0.29) is 0 Å². The molecule has 0 atom stereocenters. The molecule has 0 amide bonds. The zero-order chi connectivity index (χ0) is 33.9. The van der Waals surface area contributed by atoms with Crippen LogP contribution >= 0.6 is 0 Å². The Hall–Kier alpha value is -3.81. The first-order chi connectivity index (χ1) is 22.9. The van der Waals surface area contributed by atoms with Gasteiger partial charge in [-0.15, -0.1) is 0 Å². The van der Waals surface area contributed by atoms with Crippen molar-refractivity contribution in [1.29, 1.82) is 0 Å². The average Bonchev–Trinajstić information content (AvgIpc) is 3.07. The summed E-state index contributed by atoms with van der Waals surface area (Å²) >= 11 is 0. The summed E-state index contributed by atoms with van der Waals surface area (Å²) in [7, 11) is -9.11. The van der Waals surface area contributed by atoms with E-state index in [1.54, 1.807) is 20.7 Å². The van der Waals surface area contributed by atoms with Gasteiger partial charge >= 0.3 is 0 Å². The molecule has 0 aliphatic carbocycles. The Balaban J connectivity index is 1.85. The summed E-state index contributed by atoms with van der Waals surface area (Å²) in [5, 5.41) is 12.4. The van der Waals surface area contributed by atoms with Gasteiger partial charge in [-0.3, -0.25) is 0 Å². The van der Waals surface area contributed by atoms with Crippen LogP contribution in [0.15, 0.2) is 146 Å². The molecule has 0 nitrogen and oxygen atoms in total. The highest BCUT2D eigenvalue weighted by Gasteiger charge is 2.65. The van der Waals surface area contributed by atoms with Gasteiger partial charge in [0.1, 0.15) is 0 Å². The lowest BCUT2D eigenvalue weighted by Crippen LogP contribution is -2.95. The lowest BCUT2D eigenvalue weighted by molar-refractivity contribution is 1.47. The monoisotopic (exact) mass is 688 g/mol. The smallest absolute Gasteiger partial charge is 0.0656 e. The predicted molar refractivity (Wildman–Crippen MR) is 222 cm³/mol. The SMILES string of the molecule is Cc1cc2c(cc1[Si](C)(C)C)-c1cc([Si](C)(C)C)c(C)cc1[Si](c1ccccc1)(c1ccccc1)[Si]2(c1ccccc1)c1ccccc1. The normalized spacial score (nSPS) is 15.0. The molecule has 0 saturated carbocycles. The quantitative estimate of drug-likeness (QED) is 0.186. The van der Waals surface area contributed by atoms with E-state index in [4.69, 9.17) is 0 Å². The minimum absolute atomic E-state index is 1.46. The predicted octanol–water partition coefficient (Wildman–Crippen LogP) is 6.09. The van der Waals surface area contributed by atoms with Crippen LogP contribution in [0.2, 0.25) is 39.3 Å². The number of benzene rings is 6. The number of rotatable bonds is 6. The lowest BCUT2D eigenvalue weighted by Gasteiger charge is -2.54. The standard InChI is InChI=1S/C44H48Si4/c1-33-29-43-39(31-41(33)45(3,4)5)40-32-42(46(6,7)8)34(2)30-44(40)48(37-25-17-11-18-26-37,38-27-19-12-20-28-38)47(43,35-21-13-9-14-22-35)36-23-15-10-16-24-36/h9-32H,1-8H3. The van der Waals surface area contributed by atoms with E-state index in [1.165, 1.54) is 43.0 Å². The van der Waals surface area contributed by atoms with Crippen molar-refractivity contribution in [2.75, 3.05) is 0 Å². The maximum Gasteiger partial charge on any atom is 0.155 e. The van der Waals surface area contributed by atoms with E-state index in [0.717, 1.165) is 0 Å². The van der Waals surface area contributed by atoms with Crippen molar-refractivity contribution in [2.45, 2.75) is 53.1 Å². The Morgan fingerprint density at radius 3 is 0.833 bits per heavy atom. The van der Waals surface area contributed by atoms with Crippen molar-refractivity contribution in [3.63, 3.8) is 0 Å². The number of hydrogen-bond acceptors (Lipinski definition) is 0. The van der Waals surface area contributed by atoms with E-state index in [0.29, 0.717) is 0 Å². The molecule has 6 aromatic carbocycles. The Labute approximate surface area is 292 Å². The fourth-order valence-electron chi connectivity index (χ4n) is 9.08. The average molecular weight is 689 g/mol. The maximum absolute atomic E-state index is 2.90. The van der Waals surface area contributed by atoms with Crippen molar-refractivity contribution >= 4 is 72.8 Å². The van der Waals surface area contributed by atoms with Gasteiger partial charge < -0.3 is 0 Å². The summed E-state index contributed by atoms with van der Waals surface area (Å²) < 4.78 is 0. The van der Waals surface area contributed by atoms with Crippen LogP contribution < -0.4 is 41.5 Å². The molecular formula is C44H48Si4. The maximum atomic E-state index is 2.69. The van der Waals surface area contributed by atoms with Gasteiger partial charge in [-0.05, 0) is 35.3 Å². The molecule has 48 heavy (non-hydrogen) atoms. The van der Waals surface area contributed by atoms with Crippen LogP contribution in [-0.2, 0) is 0 Å². The molecular weight excluding hydrogens is 641 g/mol. The second-order valence-electron chi connectivity index (χ2n) is 15.9. The van der Waals surface area contributed by atoms with Crippen molar-refractivity contribution in [2.24, 2.45) is 0 Å². The molecule has 1 aliphatic heterocycles. The molecule has 1 heterocycles. The molecule has 0 bridgehead atoms. The molecule has 0 saturated heterocycles. The molecule has 0 radical (unpaired) electrons. The first-order valence-corrected chi connectivity index (χ1v) is 29.5. The van der Waals surface area contributed by atoms with E-state index < -0.39 is 31.3 Å². The largest absolute Gasteiger partial charge is 0.155 e. The summed E-state index contributed by atoms with van der Waals surface area (Å²) in [5.74, 6) is 0. The summed E-state index contributed by atoms with van der Waals surface area (Å²) in [5.41, 5.74) is 5.90. The van der Waals surface area contributed by atoms with Crippen LogP contribution in [0.1, 0.15) is 11.1 Å². The zero-order valence-corrected chi connectivity index (χ0v) is 33.9. The Morgan fingerprint density at radius 1 is 0.354 bits per heavy atom. The van der Waals surface area contributed by atoms with Gasteiger partial charge in [-0.2, -0.15) is 0 Å². The molecule has 6 aromatic rings. The topological polar surface area (TPSA) is 0 Å². The molecule has 1 aliphatic rings. The highest BCUT2D eigenvalue weighted by molar-refractivity contribution is 7.68. The molecule has 7 rings (SSSR count). The molecule has 0 fully saturated rings. The van der Waals surface area contributed by atoms with Gasteiger partial charge in [-0.25, -0.2) is 0 Å². The van der Waals surface area contributed by atoms with Gasteiger partial charge in [0.05, 0.1) is 16.1 Å². The van der Waals surface area contributed by atoms with Crippen LogP contribution in [0.3, 0.4) is 0 Å². The molecule has 0 spiro atoms. The van der Waals surface area contributed by atoms with Crippen molar-refractivity contribution in [3.8, 4) is 11.1 Å². The van der Waals surface area contributed by atoms with Crippen LogP contribution in [0.25, 0.3) is 11.1 Å². The second-order valence-corrected chi connectivity index (χ2v) is 36.9. The van der Waals surface area contributed by atoms with Crippen molar-refractivity contribution in [3.05, 3.63) is 157 Å². The van der Waals surface area contributed by atoms with E-state index in [9.17, 15) is 0 Å². The molecule has 0 aromatic heterocycles. The van der Waals surface area contributed by atoms with E-state index in [1.807, 2.05) is 0 Å².